The summed E-state index contributed by atoms with van der Waals surface area (Å²) in [6, 6.07) is 6.90. The molecule has 7 nitrogen and oxygen atoms in total. The molecule has 120 valence electrons. The highest BCUT2D eigenvalue weighted by molar-refractivity contribution is 7.20. The Kier molecular flexibility index (Phi) is 4.24. The molecule has 0 saturated carbocycles. The number of ether oxygens (including phenoxy) is 1. The molecule has 3 aromatic rings. The van der Waals surface area contributed by atoms with Crippen LogP contribution in [0, 0.1) is 5.92 Å². The number of carbonyl (C=O) groups is 1. The van der Waals surface area contributed by atoms with Crippen LogP contribution in [0.3, 0.4) is 0 Å². The van der Waals surface area contributed by atoms with Crippen molar-refractivity contribution in [3.05, 3.63) is 35.7 Å². The number of anilines is 1. The lowest BCUT2D eigenvalue weighted by atomic mass is 10.1. The fourth-order valence-corrected chi connectivity index (χ4v) is 2.87. The third-order valence-corrected chi connectivity index (χ3v) is 4.03. The number of carbonyl (C=O) groups excluding carboxylic acids is 1. The van der Waals surface area contributed by atoms with Crippen molar-refractivity contribution in [2.24, 2.45) is 5.92 Å². The van der Waals surface area contributed by atoms with Gasteiger partial charge in [0.05, 0.1) is 7.11 Å². The number of rotatable bonds is 5. The van der Waals surface area contributed by atoms with E-state index in [0.717, 1.165) is 12.2 Å². The van der Waals surface area contributed by atoms with E-state index in [0.29, 0.717) is 27.3 Å². The Morgan fingerprint density at radius 1 is 1.30 bits per heavy atom. The standard InChI is InChI=1S/C15H17N5O2S/c1-9(2)8-12-17-18-15-20(12)19-14(23-15)16-13(21)10-4-6-11(22-3)7-5-10/h4-7,9H,8H2,1-3H3,(H,16,19,21). The van der Waals surface area contributed by atoms with Crippen LogP contribution in [0.15, 0.2) is 24.3 Å². The van der Waals surface area contributed by atoms with Crippen LogP contribution in [0.5, 0.6) is 5.75 Å². The molecule has 0 aliphatic heterocycles. The topological polar surface area (TPSA) is 81.4 Å². The minimum absolute atomic E-state index is 0.219. The van der Waals surface area contributed by atoms with Crippen molar-refractivity contribution in [3.63, 3.8) is 0 Å². The second-order valence-electron chi connectivity index (χ2n) is 5.50. The second kappa shape index (κ2) is 6.33. The number of aromatic nitrogens is 4. The van der Waals surface area contributed by atoms with Crippen molar-refractivity contribution in [3.8, 4) is 5.75 Å². The summed E-state index contributed by atoms with van der Waals surface area (Å²) < 4.78 is 6.77. The molecule has 0 saturated heterocycles. The molecular formula is C15H17N5O2S. The number of nitrogens with zero attached hydrogens (tertiary/aromatic N) is 4. The van der Waals surface area contributed by atoms with Gasteiger partial charge < -0.3 is 4.74 Å². The van der Waals surface area contributed by atoms with Gasteiger partial charge in [-0.05, 0) is 30.2 Å². The van der Waals surface area contributed by atoms with Gasteiger partial charge >= 0.3 is 0 Å². The minimum atomic E-state index is -0.219. The summed E-state index contributed by atoms with van der Waals surface area (Å²) in [7, 11) is 1.59. The molecule has 0 bridgehead atoms. The fourth-order valence-electron chi connectivity index (χ4n) is 2.11. The monoisotopic (exact) mass is 331 g/mol. The molecule has 23 heavy (non-hydrogen) atoms. The van der Waals surface area contributed by atoms with Crippen LogP contribution in [-0.4, -0.2) is 32.8 Å². The summed E-state index contributed by atoms with van der Waals surface area (Å²) >= 11 is 1.30. The van der Waals surface area contributed by atoms with Gasteiger partial charge in [0.25, 0.3) is 5.91 Å². The zero-order valence-electron chi connectivity index (χ0n) is 13.1. The molecule has 3 rings (SSSR count). The second-order valence-corrected chi connectivity index (χ2v) is 6.45. The van der Waals surface area contributed by atoms with Gasteiger partial charge in [0.15, 0.2) is 5.82 Å². The van der Waals surface area contributed by atoms with Gasteiger partial charge in [0, 0.05) is 12.0 Å². The summed E-state index contributed by atoms with van der Waals surface area (Å²) in [5.41, 5.74) is 0.541. The predicted molar refractivity (Wildman–Crippen MR) is 88.1 cm³/mol. The summed E-state index contributed by atoms with van der Waals surface area (Å²) in [5.74, 6) is 1.75. The van der Waals surface area contributed by atoms with Gasteiger partial charge in [-0.25, -0.2) is 0 Å². The Morgan fingerprint density at radius 3 is 2.70 bits per heavy atom. The molecule has 0 fully saturated rings. The first-order valence-corrected chi connectivity index (χ1v) is 8.05. The molecule has 8 heteroatoms. The van der Waals surface area contributed by atoms with E-state index >= 15 is 0 Å². The minimum Gasteiger partial charge on any atom is -0.497 e. The maximum Gasteiger partial charge on any atom is 0.257 e. The summed E-state index contributed by atoms with van der Waals surface area (Å²) in [4.78, 5) is 12.9. The van der Waals surface area contributed by atoms with Gasteiger partial charge in [-0.3, -0.25) is 10.1 Å². The molecule has 1 amide bonds. The van der Waals surface area contributed by atoms with E-state index in [2.05, 4.69) is 34.5 Å². The molecule has 2 heterocycles. The molecule has 0 unspecified atom stereocenters. The van der Waals surface area contributed by atoms with Crippen molar-refractivity contribution in [1.82, 2.24) is 19.8 Å². The number of benzene rings is 1. The lowest BCUT2D eigenvalue weighted by Crippen LogP contribution is -2.12. The molecular weight excluding hydrogens is 314 g/mol. The molecule has 2 aromatic heterocycles. The van der Waals surface area contributed by atoms with Gasteiger partial charge in [-0.15, -0.1) is 15.3 Å². The van der Waals surface area contributed by atoms with Crippen LogP contribution in [-0.2, 0) is 6.42 Å². The first-order valence-electron chi connectivity index (χ1n) is 7.23. The van der Waals surface area contributed by atoms with E-state index in [-0.39, 0.29) is 5.91 Å². The smallest absolute Gasteiger partial charge is 0.257 e. The third-order valence-electron chi connectivity index (χ3n) is 3.22. The van der Waals surface area contributed by atoms with E-state index in [4.69, 9.17) is 4.74 Å². The summed E-state index contributed by atoms with van der Waals surface area (Å²) in [5, 5.41) is 15.9. The molecule has 0 radical (unpaired) electrons. The van der Waals surface area contributed by atoms with Crippen molar-refractivity contribution >= 4 is 27.3 Å². The van der Waals surface area contributed by atoms with Gasteiger partial charge in [0.2, 0.25) is 10.1 Å². The quantitative estimate of drug-likeness (QED) is 0.777. The van der Waals surface area contributed by atoms with Crippen LogP contribution in [0.2, 0.25) is 0 Å². The van der Waals surface area contributed by atoms with E-state index < -0.39 is 0 Å². The lowest BCUT2D eigenvalue weighted by Gasteiger charge is -2.03. The van der Waals surface area contributed by atoms with Gasteiger partial charge in [-0.2, -0.15) is 4.52 Å². The maximum absolute atomic E-state index is 12.2. The highest BCUT2D eigenvalue weighted by atomic mass is 32.1. The van der Waals surface area contributed by atoms with Crippen molar-refractivity contribution in [1.29, 1.82) is 0 Å². The van der Waals surface area contributed by atoms with Crippen molar-refractivity contribution in [2.45, 2.75) is 20.3 Å². The van der Waals surface area contributed by atoms with E-state index in [1.165, 1.54) is 11.3 Å². The average molecular weight is 331 g/mol. The lowest BCUT2D eigenvalue weighted by molar-refractivity contribution is 0.102. The number of methoxy groups -OCH3 is 1. The van der Waals surface area contributed by atoms with Gasteiger partial charge in [0.1, 0.15) is 5.75 Å². The van der Waals surface area contributed by atoms with Crippen LogP contribution >= 0.6 is 11.3 Å². The summed E-state index contributed by atoms with van der Waals surface area (Å²) in [6.07, 6.45) is 0.788. The Hall–Kier alpha value is -2.48. The van der Waals surface area contributed by atoms with E-state index in [9.17, 15) is 4.79 Å². The van der Waals surface area contributed by atoms with Crippen LogP contribution in [0.1, 0.15) is 30.0 Å². The van der Waals surface area contributed by atoms with Crippen molar-refractivity contribution < 1.29 is 9.53 Å². The largest absolute Gasteiger partial charge is 0.497 e. The third kappa shape index (κ3) is 3.31. The zero-order valence-corrected chi connectivity index (χ0v) is 13.9. The Bertz CT molecular complexity index is 822. The first-order chi connectivity index (χ1) is 11.1. The Balaban J connectivity index is 1.77. The molecule has 0 aliphatic carbocycles. The average Bonchev–Trinajstić information content (AvgIpc) is 3.08. The number of nitrogens with one attached hydrogen (secondary N) is 1. The number of amides is 1. The van der Waals surface area contributed by atoms with Gasteiger partial charge in [-0.1, -0.05) is 25.2 Å². The van der Waals surface area contributed by atoms with Crippen LogP contribution in [0.25, 0.3) is 4.96 Å². The van der Waals surface area contributed by atoms with Crippen LogP contribution in [0.4, 0.5) is 5.13 Å². The Morgan fingerprint density at radius 2 is 2.04 bits per heavy atom. The maximum atomic E-state index is 12.2. The zero-order chi connectivity index (χ0) is 16.4. The van der Waals surface area contributed by atoms with Crippen LogP contribution < -0.4 is 10.1 Å². The van der Waals surface area contributed by atoms with E-state index in [1.807, 2.05) is 0 Å². The summed E-state index contributed by atoms with van der Waals surface area (Å²) in [6.45, 7) is 4.22. The van der Waals surface area contributed by atoms with Crippen molar-refractivity contribution in [2.75, 3.05) is 12.4 Å². The molecule has 1 N–H and O–H groups in total. The molecule has 0 spiro atoms. The highest BCUT2D eigenvalue weighted by Gasteiger charge is 2.15. The number of fused-ring (bicyclic) bond motifs is 1. The molecule has 0 aliphatic rings. The normalized spacial score (nSPS) is 11.1. The predicted octanol–water partition coefficient (Wildman–Crippen LogP) is 2.65. The first kappa shape index (κ1) is 15.4. The number of hydrogen-bond donors (Lipinski definition) is 1. The highest BCUT2D eigenvalue weighted by Crippen LogP contribution is 2.21. The Labute approximate surface area is 137 Å². The molecule has 0 atom stereocenters. The SMILES string of the molecule is COc1ccc(C(=O)Nc2nn3c(CC(C)C)nnc3s2)cc1. The van der Waals surface area contributed by atoms with E-state index in [1.54, 1.807) is 35.9 Å². The fraction of sp³-hybridized carbons (Fsp3) is 0.333. The molecule has 1 aromatic carbocycles. The number of hydrogen-bond acceptors (Lipinski definition) is 6.